The quantitative estimate of drug-likeness (QED) is 0.709. The molecule has 0 amide bonds. The molecule has 0 aliphatic heterocycles. The first-order chi connectivity index (χ1) is 11.6. The molecule has 0 saturated heterocycles. The van der Waals surface area contributed by atoms with Gasteiger partial charge in [-0.05, 0) is 26.3 Å². The summed E-state index contributed by atoms with van der Waals surface area (Å²) in [5.41, 5.74) is -0.992. The van der Waals surface area contributed by atoms with E-state index in [9.17, 15) is 18.0 Å². The van der Waals surface area contributed by atoms with Gasteiger partial charge in [0.05, 0.1) is 7.11 Å². The third kappa shape index (κ3) is 4.36. The van der Waals surface area contributed by atoms with E-state index in [1.54, 1.807) is 38.1 Å². The molecule has 0 fully saturated rings. The second-order valence-corrected chi connectivity index (χ2v) is 8.80. The van der Waals surface area contributed by atoms with E-state index in [2.05, 4.69) is 4.72 Å². The molecular formula is C16H19NO6S2. The van der Waals surface area contributed by atoms with Crippen molar-refractivity contribution in [2.45, 2.75) is 37.1 Å². The zero-order valence-electron chi connectivity index (χ0n) is 14.0. The van der Waals surface area contributed by atoms with Crippen molar-refractivity contribution in [2.75, 3.05) is 7.11 Å². The van der Waals surface area contributed by atoms with E-state index in [1.807, 2.05) is 0 Å². The summed E-state index contributed by atoms with van der Waals surface area (Å²) >= 11 is 1.04. The van der Waals surface area contributed by atoms with Crippen molar-refractivity contribution >= 4 is 43.4 Å². The molecule has 0 aliphatic carbocycles. The second-order valence-electron chi connectivity index (χ2n) is 6.13. The number of carbonyl (C=O) groups is 2. The average molecular weight is 385 g/mol. The first-order valence-electron chi connectivity index (χ1n) is 7.43. The van der Waals surface area contributed by atoms with Gasteiger partial charge in [0.15, 0.2) is 0 Å². The van der Waals surface area contributed by atoms with Crippen molar-refractivity contribution in [3.8, 4) is 0 Å². The maximum atomic E-state index is 12.9. The van der Waals surface area contributed by atoms with E-state index in [-0.39, 0.29) is 22.6 Å². The summed E-state index contributed by atoms with van der Waals surface area (Å²) in [7, 11) is -2.88. The molecule has 2 N–H and O–H groups in total. The Balaban J connectivity index is 2.51. The van der Waals surface area contributed by atoms with Gasteiger partial charge in [-0.2, -0.15) is 0 Å². The van der Waals surface area contributed by atoms with Crippen molar-refractivity contribution in [3.63, 3.8) is 0 Å². The Morgan fingerprint density at radius 2 is 1.92 bits per heavy atom. The molecule has 9 heteroatoms. The summed E-state index contributed by atoms with van der Waals surface area (Å²) in [6.45, 7) is 3.19. The third-order valence-corrected chi connectivity index (χ3v) is 6.63. The van der Waals surface area contributed by atoms with Crippen molar-refractivity contribution < 1.29 is 27.9 Å². The minimum atomic E-state index is -4.07. The molecule has 0 bridgehead atoms. The number of nitrogens with one attached hydrogen (secondary N) is 1. The number of carboxylic acid groups (broad SMARTS) is 1. The van der Waals surface area contributed by atoms with Crippen LogP contribution in [-0.2, 0) is 19.6 Å². The zero-order valence-corrected chi connectivity index (χ0v) is 15.7. The minimum Gasteiger partial charge on any atom is -0.481 e. The van der Waals surface area contributed by atoms with Gasteiger partial charge in [-0.25, -0.2) is 17.9 Å². The van der Waals surface area contributed by atoms with Crippen LogP contribution in [0.4, 0.5) is 0 Å². The van der Waals surface area contributed by atoms with Crippen LogP contribution in [-0.4, -0.2) is 38.1 Å². The van der Waals surface area contributed by atoms with Crippen LogP contribution >= 0.6 is 11.3 Å². The largest absolute Gasteiger partial charge is 0.481 e. The highest BCUT2D eigenvalue weighted by molar-refractivity contribution is 7.90. The Kier molecular flexibility index (Phi) is 5.50. The average Bonchev–Trinajstić information content (AvgIpc) is 2.91. The number of ether oxygens (including phenoxy) is 1. The molecule has 7 nitrogen and oxygen atoms in total. The number of benzene rings is 1. The van der Waals surface area contributed by atoms with E-state index >= 15 is 0 Å². The molecule has 25 heavy (non-hydrogen) atoms. The summed E-state index contributed by atoms with van der Waals surface area (Å²) < 4.78 is 33.8. The van der Waals surface area contributed by atoms with Gasteiger partial charge in [0.25, 0.3) is 0 Å². The number of hydrogen-bond donors (Lipinski definition) is 2. The highest BCUT2D eigenvalue weighted by Crippen LogP contribution is 2.35. The third-order valence-electron chi connectivity index (χ3n) is 3.56. The lowest BCUT2D eigenvalue weighted by molar-refractivity contribution is -0.137. The number of sulfonamides is 1. The van der Waals surface area contributed by atoms with Gasteiger partial charge in [0.1, 0.15) is 9.77 Å². The molecule has 1 aromatic heterocycles. The molecule has 0 atom stereocenters. The zero-order chi connectivity index (χ0) is 18.8. The number of methoxy groups -OCH3 is 1. The molecule has 2 rings (SSSR count). The molecule has 0 aliphatic rings. The lowest BCUT2D eigenvalue weighted by Crippen LogP contribution is -2.43. The van der Waals surface area contributed by atoms with E-state index in [0.29, 0.717) is 10.1 Å². The molecule has 0 unspecified atom stereocenters. The fourth-order valence-electron chi connectivity index (χ4n) is 2.40. The van der Waals surface area contributed by atoms with Crippen LogP contribution in [0.25, 0.3) is 10.1 Å². The number of fused-ring (bicyclic) bond motifs is 1. The Hall–Kier alpha value is -1.97. The predicted octanol–water partition coefficient (Wildman–Crippen LogP) is 2.61. The summed E-state index contributed by atoms with van der Waals surface area (Å²) in [4.78, 5) is 22.7. The SMILES string of the molecule is COC(=O)c1sc2ccccc2c1S(=O)(=O)NC(C)(C)CCC(=O)O. The van der Waals surface area contributed by atoms with Crippen molar-refractivity contribution in [3.05, 3.63) is 29.1 Å². The Bertz CT molecular complexity index is 914. The number of hydrogen-bond acceptors (Lipinski definition) is 6. The number of carboxylic acids is 1. The lowest BCUT2D eigenvalue weighted by Gasteiger charge is -2.25. The predicted molar refractivity (Wildman–Crippen MR) is 94.4 cm³/mol. The van der Waals surface area contributed by atoms with Crippen LogP contribution in [0, 0.1) is 0 Å². The topological polar surface area (TPSA) is 110 Å². The van der Waals surface area contributed by atoms with E-state index in [0.717, 1.165) is 11.3 Å². The monoisotopic (exact) mass is 385 g/mol. The molecule has 136 valence electrons. The Morgan fingerprint density at radius 3 is 2.52 bits per heavy atom. The van der Waals surface area contributed by atoms with Gasteiger partial charge in [-0.15, -0.1) is 11.3 Å². The van der Waals surface area contributed by atoms with Crippen LogP contribution in [0.5, 0.6) is 0 Å². The highest BCUT2D eigenvalue weighted by Gasteiger charge is 2.33. The number of carbonyl (C=O) groups excluding carboxylic acids is 1. The van der Waals surface area contributed by atoms with Gasteiger partial charge in [0, 0.05) is 22.0 Å². The highest BCUT2D eigenvalue weighted by atomic mass is 32.2. The van der Waals surface area contributed by atoms with Crippen LogP contribution < -0.4 is 4.72 Å². The summed E-state index contributed by atoms with van der Waals surface area (Å²) in [5.74, 6) is -1.74. The van der Waals surface area contributed by atoms with Crippen LogP contribution in [0.3, 0.4) is 0 Å². The van der Waals surface area contributed by atoms with E-state index in [1.165, 1.54) is 7.11 Å². The van der Waals surface area contributed by atoms with Gasteiger partial charge in [0.2, 0.25) is 10.0 Å². The van der Waals surface area contributed by atoms with Gasteiger partial charge in [-0.3, -0.25) is 4.79 Å². The Morgan fingerprint density at radius 1 is 1.28 bits per heavy atom. The number of esters is 1. The standard InChI is InChI=1S/C16H19NO6S2/c1-16(2,9-8-12(18)19)17-25(21,22)14-10-6-4-5-7-11(10)24-13(14)15(20)23-3/h4-7,17H,8-9H2,1-3H3,(H,18,19). The number of aliphatic carboxylic acids is 1. The van der Waals surface area contributed by atoms with Crippen molar-refractivity contribution in [1.29, 1.82) is 0 Å². The summed E-state index contributed by atoms with van der Waals surface area (Å²) in [6, 6.07) is 6.78. The maximum absolute atomic E-state index is 12.9. The fourth-order valence-corrected chi connectivity index (χ4v) is 5.66. The molecule has 1 heterocycles. The fraction of sp³-hybridized carbons (Fsp3) is 0.375. The summed E-state index contributed by atoms with van der Waals surface area (Å²) in [6.07, 6.45) is -0.0685. The lowest BCUT2D eigenvalue weighted by atomic mass is 10.0. The van der Waals surface area contributed by atoms with Crippen LogP contribution in [0.1, 0.15) is 36.4 Å². The van der Waals surface area contributed by atoms with E-state index < -0.39 is 27.5 Å². The molecule has 0 radical (unpaired) electrons. The molecule has 0 spiro atoms. The number of rotatable bonds is 7. The first-order valence-corrected chi connectivity index (χ1v) is 9.73. The van der Waals surface area contributed by atoms with Gasteiger partial charge in [-0.1, -0.05) is 18.2 Å². The first kappa shape index (κ1) is 19.4. The number of thiophene rings is 1. The molecular weight excluding hydrogens is 366 g/mol. The molecule has 2 aromatic rings. The minimum absolute atomic E-state index is 0.00904. The van der Waals surface area contributed by atoms with Crippen LogP contribution in [0.2, 0.25) is 0 Å². The summed E-state index contributed by atoms with van der Waals surface area (Å²) in [5, 5.41) is 9.24. The van der Waals surface area contributed by atoms with Crippen molar-refractivity contribution in [1.82, 2.24) is 4.72 Å². The normalized spacial score (nSPS) is 12.3. The van der Waals surface area contributed by atoms with Gasteiger partial charge >= 0.3 is 11.9 Å². The molecule has 1 aromatic carbocycles. The van der Waals surface area contributed by atoms with E-state index in [4.69, 9.17) is 9.84 Å². The van der Waals surface area contributed by atoms with Gasteiger partial charge < -0.3 is 9.84 Å². The Labute approximate surface area is 149 Å². The van der Waals surface area contributed by atoms with Crippen LogP contribution in [0.15, 0.2) is 29.2 Å². The second kappa shape index (κ2) is 7.11. The maximum Gasteiger partial charge on any atom is 0.349 e. The smallest absolute Gasteiger partial charge is 0.349 e. The molecule has 0 saturated carbocycles. The van der Waals surface area contributed by atoms with Crippen molar-refractivity contribution in [2.24, 2.45) is 0 Å².